The Labute approximate surface area is 157 Å². The number of ether oxygens (including phenoxy) is 1. The first kappa shape index (κ1) is 18.7. The van der Waals surface area contributed by atoms with Crippen molar-refractivity contribution in [1.82, 2.24) is 0 Å². The van der Waals surface area contributed by atoms with E-state index in [1.807, 2.05) is 26.1 Å². The number of carbonyl (C=O) groups is 2. The number of carbonyl (C=O) groups excluding carboxylic acids is 2. The lowest BCUT2D eigenvalue weighted by Gasteiger charge is -2.13. The van der Waals surface area contributed by atoms with Gasteiger partial charge >= 0.3 is 5.97 Å². The van der Waals surface area contributed by atoms with Crippen molar-refractivity contribution in [1.29, 1.82) is 0 Å². The van der Waals surface area contributed by atoms with Gasteiger partial charge < -0.3 is 19.4 Å². The summed E-state index contributed by atoms with van der Waals surface area (Å²) in [6.07, 6.45) is 4.02. The standard InChI is InChI=1S/C19H24N2O4S/c1-12-8-9-13(25-12)10-21(2)11-16(22)20-18-17(19(23)24-3)14-6-4-5-7-15(14)26-18/h8-9H,4-7,10-11H2,1-3H3,(H,20,22)/p+1. The third kappa shape index (κ3) is 4.16. The summed E-state index contributed by atoms with van der Waals surface area (Å²) in [4.78, 5) is 26.9. The largest absolute Gasteiger partial charge is 0.465 e. The number of amides is 1. The number of methoxy groups -OCH3 is 1. The lowest BCUT2D eigenvalue weighted by atomic mass is 9.95. The molecule has 1 aliphatic rings. The summed E-state index contributed by atoms with van der Waals surface area (Å²) >= 11 is 1.51. The number of aryl methyl sites for hydroxylation is 2. The van der Waals surface area contributed by atoms with E-state index in [-0.39, 0.29) is 11.9 Å². The Bertz CT molecular complexity index is 809. The fraction of sp³-hybridized carbons (Fsp3) is 0.474. The highest BCUT2D eigenvalue weighted by Gasteiger charge is 2.27. The number of quaternary nitrogens is 1. The summed E-state index contributed by atoms with van der Waals surface area (Å²) in [6.45, 7) is 2.83. The van der Waals surface area contributed by atoms with E-state index in [2.05, 4.69) is 5.32 Å². The minimum Gasteiger partial charge on any atom is -0.465 e. The van der Waals surface area contributed by atoms with Crippen LogP contribution in [0.5, 0.6) is 0 Å². The van der Waals surface area contributed by atoms with Crippen molar-refractivity contribution >= 4 is 28.2 Å². The van der Waals surface area contributed by atoms with E-state index in [0.29, 0.717) is 23.7 Å². The Morgan fingerprint density at radius 1 is 1.31 bits per heavy atom. The van der Waals surface area contributed by atoms with Crippen LogP contribution in [-0.4, -0.2) is 32.6 Å². The van der Waals surface area contributed by atoms with E-state index in [4.69, 9.17) is 9.15 Å². The smallest absolute Gasteiger partial charge is 0.341 e. The zero-order chi connectivity index (χ0) is 18.7. The zero-order valence-corrected chi connectivity index (χ0v) is 16.3. The van der Waals surface area contributed by atoms with Crippen LogP contribution in [0.3, 0.4) is 0 Å². The molecule has 2 N–H and O–H groups in total. The topological polar surface area (TPSA) is 73.0 Å². The average Bonchev–Trinajstić information content (AvgIpc) is 3.16. The molecule has 1 atom stereocenters. The SMILES string of the molecule is COC(=O)c1c(NC(=O)C[NH+](C)Cc2ccc(C)o2)sc2c1CCCC2. The van der Waals surface area contributed by atoms with Gasteiger partial charge in [0, 0.05) is 4.88 Å². The minimum absolute atomic E-state index is 0.116. The molecule has 0 spiro atoms. The summed E-state index contributed by atoms with van der Waals surface area (Å²) in [5.41, 5.74) is 1.59. The summed E-state index contributed by atoms with van der Waals surface area (Å²) < 4.78 is 10.5. The first-order valence-corrected chi connectivity index (χ1v) is 9.69. The Morgan fingerprint density at radius 3 is 2.77 bits per heavy atom. The molecule has 0 aliphatic heterocycles. The lowest BCUT2D eigenvalue weighted by Crippen LogP contribution is -3.08. The third-order valence-corrected chi connectivity index (χ3v) is 5.76. The van der Waals surface area contributed by atoms with Crippen LogP contribution in [0.25, 0.3) is 0 Å². The van der Waals surface area contributed by atoms with Crippen LogP contribution in [0.1, 0.15) is 45.2 Å². The fourth-order valence-corrected chi connectivity index (χ4v) is 4.65. The Balaban J connectivity index is 1.68. The van der Waals surface area contributed by atoms with E-state index in [1.54, 1.807) is 0 Å². The maximum Gasteiger partial charge on any atom is 0.341 e. The second kappa shape index (κ2) is 8.05. The molecule has 3 rings (SSSR count). The van der Waals surface area contributed by atoms with Crippen molar-refractivity contribution in [3.63, 3.8) is 0 Å². The first-order valence-electron chi connectivity index (χ1n) is 8.87. The second-order valence-electron chi connectivity index (χ2n) is 6.78. The number of esters is 1. The molecular weight excluding hydrogens is 352 g/mol. The maximum atomic E-state index is 12.5. The molecule has 0 radical (unpaired) electrons. The van der Waals surface area contributed by atoms with Gasteiger partial charge in [0.05, 0.1) is 19.7 Å². The van der Waals surface area contributed by atoms with Crippen molar-refractivity contribution in [3.05, 3.63) is 39.7 Å². The minimum atomic E-state index is -0.369. The summed E-state index contributed by atoms with van der Waals surface area (Å²) in [6, 6.07) is 3.85. The van der Waals surface area contributed by atoms with Gasteiger partial charge in [-0.2, -0.15) is 0 Å². The number of rotatable bonds is 6. The number of hydrogen-bond acceptors (Lipinski definition) is 5. The molecular formula is C19H25N2O4S+. The maximum absolute atomic E-state index is 12.5. The van der Waals surface area contributed by atoms with Gasteiger partial charge in [-0.3, -0.25) is 4.79 Å². The van der Waals surface area contributed by atoms with Crippen LogP contribution in [0, 0.1) is 6.92 Å². The van der Waals surface area contributed by atoms with Crippen LogP contribution in [0.15, 0.2) is 16.5 Å². The van der Waals surface area contributed by atoms with E-state index < -0.39 is 0 Å². The van der Waals surface area contributed by atoms with Gasteiger partial charge in [0.1, 0.15) is 17.3 Å². The van der Waals surface area contributed by atoms with Gasteiger partial charge in [0.25, 0.3) is 5.91 Å². The van der Waals surface area contributed by atoms with Crippen LogP contribution in [0.4, 0.5) is 5.00 Å². The molecule has 1 aliphatic carbocycles. The van der Waals surface area contributed by atoms with Crippen molar-refractivity contribution in [2.75, 3.05) is 26.0 Å². The summed E-state index contributed by atoms with van der Waals surface area (Å²) in [5, 5.41) is 3.55. The predicted molar refractivity (Wildman–Crippen MR) is 99.8 cm³/mol. The highest BCUT2D eigenvalue weighted by Crippen LogP contribution is 2.38. The first-order chi connectivity index (χ1) is 12.5. The molecule has 6 nitrogen and oxygen atoms in total. The number of fused-ring (bicyclic) bond motifs is 1. The molecule has 2 aromatic rings. The Kier molecular flexibility index (Phi) is 5.78. The number of likely N-dealkylation sites (N-methyl/N-ethyl adjacent to an activating group) is 1. The van der Waals surface area contributed by atoms with Gasteiger partial charge in [-0.1, -0.05) is 0 Å². The molecule has 0 aromatic carbocycles. The summed E-state index contributed by atoms with van der Waals surface area (Å²) in [5.74, 6) is 1.24. The van der Waals surface area contributed by atoms with E-state index in [1.165, 1.54) is 23.3 Å². The molecule has 26 heavy (non-hydrogen) atoms. The van der Waals surface area contributed by atoms with Crippen molar-refractivity contribution in [3.8, 4) is 0 Å². The third-order valence-electron chi connectivity index (χ3n) is 4.55. The van der Waals surface area contributed by atoms with Gasteiger partial charge in [0.15, 0.2) is 12.3 Å². The van der Waals surface area contributed by atoms with Gasteiger partial charge in [-0.15, -0.1) is 11.3 Å². The molecule has 1 amide bonds. The molecule has 2 heterocycles. The monoisotopic (exact) mass is 377 g/mol. The van der Waals surface area contributed by atoms with E-state index in [0.717, 1.165) is 47.7 Å². The normalized spacial score (nSPS) is 14.6. The lowest BCUT2D eigenvalue weighted by molar-refractivity contribution is -0.886. The fourth-order valence-electron chi connectivity index (χ4n) is 3.36. The molecule has 0 bridgehead atoms. The van der Waals surface area contributed by atoms with Gasteiger partial charge in [0.2, 0.25) is 0 Å². The number of nitrogens with one attached hydrogen (secondary N) is 2. The zero-order valence-electron chi connectivity index (χ0n) is 15.4. The molecule has 0 saturated carbocycles. The molecule has 140 valence electrons. The van der Waals surface area contributed by atoms with Crippen molar-refractivity contribution in [2.24, 2.45) is 0 Å². The van der Waals surface area contributed by atoms with E-state index >= 15 is 0 Å². The van der Waals surface area contributed by atoms with Crippen molar-refractivity contribution in [2.45, 2.75) is 39.2 Å². The van der Waals surface area contributed by atoms with E-state index in [9.17, 15) is 9.59 Å². The highest BCUT2D eigenvalue weighted by molar-refractivity contribution is 7.17. The van der Waals surface area contributed by atoms with Crippen LogP contribution in [0.2, 0.25) is 0 Å². The van der Waals surface area contributed by atoms with Crippen LogP contribution in [-0.2, 0) is 28.9 Å². The van der Waals surface area contributed by atoms with Crippen LogP contribution < -0.4 is 10.2 Å². The second-order valence-corrected chi connectivity index (χ2v) is 7.88. The number of furan rings is 1. The number of hydrogen-bond donors (Lipinski definition) is 2. The average molecular weight is 377 g/mol. The Hall–Kier alpha value is -2.12. The highest BCUT2D eigenvalue weighted by atomic mass is 32.1. The summed E-state index contributed by atoms with van der Waals surface area (Å²) in [7, 11) is 3.32. The van der Waals surface area contributed by atoms with Gasteiger partial charge in [-0.25, -0.2) is 4.79 Å². The predicted octanol–water partition coefficient (Wildman–Crippen LogP) is 1.97. The van der Waals surface area contributed by atoms with Crippen molar-refractivity contribution < 1.29 is 23.6 Å². The number of anilines is 1. The molecule has 0 fully saturated rings. The van der Waals surface area contributed by atoms with Gasteiger partial charge in [-0.05, 0) is 50.3 Å². The van der Waals surface area contributed by atoms with Crippen LogP contribution >= 0.6 is 11.3 Å². The molecule has 0 saturated heterocycles. The molecule has 2 aromatic heterocycles. The molecule has 1 unspecified atom stereocenters. The molecule has 7 heteroatoms. The quantitative estimate of drug-likeness (QED) is 0.755. The number of thiophene rings is 1. The Morgan fingerprint density at radius 2 is 2.08 bits per heavy atom.